The van der Waals surface area contributed by atoms with Gasteiger partial charge in [-0.2, -0.15) is 11.8 Å². The van der Waals surface area contributed by atoms with Gasteiger partial charge in [-0.1, -0.05) is 0 Å². The summed E-state index contributed by atoms with van der Waals surface area (Å²) in [6.07, 6.45) is 3.13. The fourth-order valence-electron chi connectivity index (χ4n) is 1.20. The maximum absolute atomic E-state index is 5.70. The van der Waals surface area contributed by atoms with Gasteiger partial charge in [0.25, 0.3) is 0 Å². The van der Waals surface area contributed by atoms with Gasteiger partial charge in [0.15, 0.2) is 0 Å². The number of rotatable bonds is 3. The summed E-state index contributed by atoms with van der Waals surface area (Å²) >= 11 is 2.02. The fourth-order valence-corrected chi connectivity index (χ4v) is 2.26. The van der Waals surface area contributed by atoms with Crippen molar-refractivity contribution in [2.45, 2.75) is 32.0 Å². The summed E-state index contributed by atoms with van der Waals surface area (Å²) in [4.78, 5) is 0. The lowest BCUT2D eigenvalue weighted by molar-refractivity contribution is -0.000970. The van der Waals surface area contributed by atoms with Crippen molar-refractivity contribution in [3.05, 3.63) is 0 Å². The zero-order valence-electron chi connectivity index (χ0n) is 7.08. The summed E-state index contributed by atoms with van der Waals surface area (Å²) in [7, 11) is 0. The summed E-state index contributed by atoms with van der Waals surface area (Å²) in [6.45, 7) is 2.69. The predicted octanol–water partition coefficient (Wildman–Crippen LogP) is 1.25. The summed E-state index contributed by atoms with van der Waals surface area (Å²) in [5, 5.41) is 0. The van der Waals surface area contributed by atoms with Crippen LogP contribution in [0, 0.1) is 0 Å². The highest BCUT2D eigenvalue weighted by Crippen LogP contribution is 2.20. The predicted molar refractivity (Wildman–Crippen MR) is 49.9 cm³/mol. The van der Waals surface area contributed by atoms with Crippen molar-refractivity contribution in [3.8, 4) is 0 Å². The van der Waals surface area contributed by atoms with Crippen molar-refractivity contribution in [2.24, 2.45) is 5.73 Å². The lowest BCUT2D eigenvalue weighted by Crippen LogP contribution is -2.28. The van der Waals surface area contributed by atoms with E-state index in [0.717, 1.165) is 0 Å². The minimum Gasteiger partial charge on any atom is -0.374 e. The minimum absolute atomic E-state index is 0.239. The molecule has 3 heteroatoms. The summed E-state index contributed by atoms with van der Waals surface area (Å²) in [5.74, 6) is 2.50. The molecule has 0 bridgehead atoms. The van der Waals surface area contributed by atoms with Gasteiger partial charge in [0.05, 0.1) is 12.2 Å². The highest BCUT2D eigenvalue weighted by atomic mass is 32.2. The van der Waals surface area contributed by atoms with Crippen LogP contribution in [0.2, 0.25) is 0 Å². The van der Waals surface area contributed by atoms with Crippen molar-refractivity contribution >= 4 is 11.8 Å². The molecule has 0 amide bonds. The van der Waals surface area contributed by atoms with Gasteiger partial charge in [0.1, 0.15) is 0 Å². The molecule has 11 heavy (non-hydrogen) atoms. The van der Waals surface area contributed by atoms with Gasteiger partial charge in [-0.3, -0.25) is 0 Å². The van der Waals surface area contributed by atoms with Crippen LogP contribution in [0.3, 0.4) is 0 Å². The van der Waals surface area contributed by atoms with Crippen molar-refractivity contribution in [1.82, 2.24) is 0 Å². The van der Waals surface area contributed by atoms with Gasteiger partial charge in [-0.15, -0.1) is 0 Å². The Morgan fingerprint density at radius 3 is 2.73 bits per heavy atom. The molecule has 0 saturated carbocycles. The van der Waals surface area contributed by atoms with Crippen molar-refractivity contribution in [3.63, 3.8) is 0 Å². The van der Waals surface area contributed by atoms with Gasteiger partial charge in [0.2, 0.25) is 0 Å². The first-order valence-corrected chi connectivity index (χ1v) is 5.41. The van der Waals surface area contributed by atoms with Gasteiger partial charge < -0.3 is 10.5 Å². The molecular weight excluding hydrogens is 158 g/mol. The number of thioether (sulfide) groups is 1. The molecule has 1 heterocycles. The molecule has 0 aromatic rings. The van der Waals surface area contributed by atoms with Crippen molar-refractivity contribution in [1.29, 1.82) is 0 Å². The van der Waals surface area contributed by atoms with Gasteiger partial charge in [-0.05, 0) is 31.3 Å². The lowest BCUT2D eigenvalue weighted by Gasteiger charge is -2.24. The Hall–Kier alpha value is 0.270. The van der Waals surface area contributed by atoms with E-state index >= 15 is 0 Å². The van der Waals surface area contributed by atoms with E-state index < -0.39 is 0 Å². The molecule has 1 rings (SSSR count). The lowest BCUT2D eigenvalue weighted by atomic mass is 10.2. The number of hydrogen-bond donors (Lipinski definition) is 1. The van der Waals surface area contributed by atoms with Crippen LogP contribution >= 0.6 is 11.8 Å². The van der Waals surface area contributed by atoms with Crippen molar-refractivity contribution in [2.75, 3.05) is 18.1 Å². The van der Waals surface area contributed by atoms with E-state index in [2.05, 4.69) is 0 Å². The molecular formula is C8H17NOS. The van der Waals surface area contributed by atoms with Crippen LogP contribution in [0.4, 0.5) is 0 Å². The van der Waals surface area contributed by atoms with Crippen molar-refractivity contribution < 1.29 is 4.74 Å². The molecule has 0 radical (unpaired) electrons. The van der Waals surface area contributed by atoms with E-state index in [0.29, 0.717) is 12.6 Å². The topological polar surface area (TPSA) is 35.2 Å². The zero-order valence-corrected chi connectivity index (χ0v) is 7.90. The number of nitrogens with two attached hydrogens (primary N) is 1. The molecule has 1 saturated heterocycles. The second-order valence-electron chi connectivity index (χ2n) is 2.99. The molecule has 2 N–H and O–H groups in total. The molecule has 2 nitrogen and oxygen atoms in total. The molecule has 0 spiro atoms. The van der Waals surface area contributed by atoms with Gasteiger partial charge in [0, 0.05) is 6.54 Å². The highest BCUT2D eigenvalue weighted by molar-refractivity contribution is 7.99. The van der Waals surface area contributed by atoms with E-state index in [-0.39, 0.29) is 6.10 Å². The Labute approximate surface area is 72.9 Å². The van der Waals surface area contributed by atoms with Crippen LogP contribution in [0.25, 0.3) is 0 Å². The van der Waals surface area contributed by atoms with E-state index in [4.69, 9.17) is 10.5 Å². The average Bonchev–Trinajstić information content (AvgIpc) is 2.06. The third kappa shape index (κ3) is 3.45. The molecule has 0 aromatic carbocycles. The Morgan fingerprint density at radius 2 is 2.18 bits per heavy atom. The quantitative estimate of drug-likeness (QED) is 0.701. The minimum atomic E-state index is 0.239. The van der Waals surface area contributed by atoms with E-state index in [1.165, 1.54) is 24.3 Å². The third-order valence-corrected chi connectivity index (χ3v) is 2.97. The summed E-state index contributed by atoms with van der Waals surface area (Å²) in [5.41, 5.74) is 5.46. The number of hydrogen-bond acceptors (Lipinski definition) is 3. The second kappa shape index (κ2) is 5.01. The fraction of sp³-hybridized carbons (Fsp3) is 1.00. The number of ether oxygens (including phenoxy) is 1. The Balaban J connectivity index is 2.13. The normalized spacial score (nSPS) is 23.5. The standard InChI is InChI=1S/C8H17NOS/c1-7(6-9)10-8-2-4-11-5-3-8/h7-8H,2-6,9H2,1H3. The van der Waals surface area contributed by atoms with E-state index in [9.17, 15) is 0 Å². The van der Waals surface area contributed by atoms with E-state index in [1.54, 1.807) is 0 Å². The van der Waals surface area contributed by atoms with Crippen LogP contribution in [0.1, 0.15) is 19.8 Å². The Kier molecular flexibility index (Phi) is 4.26. The van der Waals surface area contributed by atoms with Gasteiger partial charge >= 0.3 is 0 Å². The summed E-state index contributed by atoms with van der Waals surface area (Å²) in [6, 6.07) is 0. The molecule has 1 unspecified atom stereocenters. The van der Waals surface area contributed by atoms with Crippen LogP contribution in [-0.2, 0) is 4.74 Å². The van der Waals surface area contributed by atoms with E-state index in [1.807, 2.05) is 18.7 Å². The zero-order chi connectivity index (χ0) is 8.10. The molecule has 0 aromatic heterocycles. The largest absolute Gasteiger partial charge is 0.374 e. The van der Waals surface area contributed by atoms with Crippen LogP contribution in [0.15, 0.2) is 0 Å². The molecule has 1 atom stereocenters. The van der Waals surface area contributed by atoms with Crippen LogP contribution in [0.5, 0.6) is 0 Å². The average molecular weight is 175 g/mol. The third-order valence-electron chi connectivity index (χ3n) is 1.93. The highest BCUT2D eigenvalue weighted by Gasteiger charge is 2.15. The molecule has 1 aliphatic rings. The first-order valence-electron chi connectivity index (χ1n) is 4.26. The molecule has 1 aliphatic heterocycles. The second-order valence-corrected chi connectivity index (χ2v) is 4.22. The SMILES string of the molecule is CC(CN)OC1CCSCC1. The maximum atomic E-state index is 5.70. The van der Waals surface area contributed by atoms with Crippen LogP contribution in [-0.4, -0.2) is 30.3 Å². The van der Waals surface area contributed by atoms with Crippen LogP contribution < -0.4 is 5.73 Å². The molecule has 0 aliphatic carbocycles. The first-order chi connectivity index (χ1) is 5.33. The Bertz CT molecular complexity index is 104. The maximum Gasteiger partial charge on any atom is 0.0672 e. The molecule has 66 valence electrons. The smallest absolute Gasteiger partial charge is 0.0672 e. The monoisotopic (exact) mass is 175 g/mol. The first kappa shape index (κ1) is 9.36. The molecule has 1 fully saturated rings. The Morgan fingerprint density at radius 1 is 1.55 bits per heavy atom. The summed E-state index contributed by atoms with van der Waals surface area (Å²) < 4.78 is 5.70. The van der Waals surface area contributed by atoms with Gasteiger partial charge in [-0.25, -0.2) is 0 Å².